The molecule has 0 fully saturated rings. The van der Waals surface area contributed by atoms with E-state index in [4.69, 9.17) is 9.47 Å². The Hall–Kier alpha value is -2.98. The number of aromatic hydroxyl groups is 1. The molecule has 3 aromatic rings. The van der Waals surface area contributed by atoms with Gasteiger partial charge in [0.1, 0.15) is 12.4 Å². The zero-order chi connectivity index (χ0) is 19.1. The summed E-state index contributed by atoms with van der Waals surface area (Å²) >= 11 is 0. The molecule has 0 spiro atoms. The Bertz CT molecular complexity index is 865. The van der Waals surface area contributed by atoms with Gasteiger partial charge in [-0.1, -0.05) is 54.6 Å². The number of phenolic OH excluding ortho intramolecular Hbond substituents is 1. The number of para-hydroxylation sites is 1. The zero-order valence-electron chi connectivity index (χ0n) is 15.8. The minimum atomic E-state index is 0.326. The second-order valence-electron chi connectivity index (χ2n) is 6.56. The van der Waals surface area contributed by atoms with Gasteiger partial charge in [0.05, 0.1) is 7.11 Å². The van der Waals surface area contributed by atoms with Crippen LogP contribution in [-0.2, 0) is 19.7 Å². The Morgan fingerprint density at radius 3 is 2.30 bits per heavy atom. The zero-order valence-corrected chi connectivity index (χ0v) is 15.8. The minimum absolute atomic E-state index is 0.326. The number of rotatable bonds is 8. The molecule has 140 valence electrons. The van der Waals surface area contributed by atoms with Crippen LogP contribution >= 0.6 is 0 Å². The highest BCUT2D eigenvalue weighted by Gasteiger charge is 2.09. The highest BCUT2D eigenvalue weighted by atomic mass is 16.5. The lowest BCUT2D eigenvalue weighted by Gasteiger charge is -2.19. The third-order valence-electron chi connectivity index (χ3n) is 4.35. The van der Waals surface area contributed by atoms with E-state index in [0.717, 1.165) is 34.7 Å². The normalized spacial score (nSPS) is 10.8. The van der Waals surface area contributed by atoms with E-state index < -0.39 is 0 Å². The van der Waals surface area contributed by atoms with Crippen molar-refractivity contribution in [1.29, 1.82) is 0 Å². The smallest absolute Gasteiger partial charge is 0.161 e. The maximum atomic E-state index is 9.93. The summed E-state index contributed by atoms with van der Waals surface area (Å²) in [6.45, 7) is 1.91. The van der Waals surface area contributed by atoms with Gasteiger partial charge < -0.3 is 14.6 Å². The summed E-state index contributed by atoms with van der Waals surface area (Å²) in [5.74, 6) is 1.78. The molecule has 1 N–H and O–H groups in total. The largest absolute Gasteiger partial charge is 0.508 e. The molecule has 3 rings (SSSR count). The van der Waals surface area contributed by atoms with Crippen LogP contribution in [0.15, 0.2) is 72.8 Å². The molecule has 0 unspecified atom stereocenters. The second-order valence-corrected chi connectivity index (χ2v) is 6.56. The van der Waals surface area contributed by atoms with Crippen molar-refractivity contribution < 1.29 is 14.6 Å². The van der Waals surface area contributed by atoms with Gasteiger partial charge in [-0.25, -0.2) is 0 Å². The van der Waals surface area contributed by atoms with Crippen LogP contribution in [0.4, 0.5) is 0 Å². The highest BCUT2D eigenvalue weighted by molar-refractivity contribution is 5.43. The van der Waals surface area contributed by atoms with E-state index in [9.17, 15) is 5.11 Å². The van der Waals surface area contributed by atoms with E-state index >= 15 is 0 Å². The third kappa shape index (κ3) is 5.25. The average Bonchev–Trinajstić information content (AvgIpc) is 2.69. The molecule has 0 aliphatic heterocycles. The van der Waals surface area contributed by atoms with Crippen molar-refractivity contribution in [3.63, 3.8) is 0 Å². The molecule has 4 nitrogen and oxygen atoms in total. The molecular weight excluding hydrogens is 338 g/mol. The Morgan fingerprint density at radius 1 is 0.815 bits per heavy atom. The van der Waals surface area contributed by atoms with Gasteiger partial charge in [0, 0.05) is 18.7 Å². The van der Waals surface area contributed by atoms with Crippen molar-refractivity contribution in [3.8, 4) is 17.2 Å². The van der Waals surface area contributed by atoms with Crippen LogP contribution in [0.5, 0.6) is 17.2 Å². The Kier molecular flexibility index (Phi) is 6.34. The van der Waals surface area contributed by atoms with Gasteiger partial charge in [-0.2, -0.15) is 0 Å². The molecule has 3 aromatic carbocycles. The molecule has 0 atom stereocenters. The van der Waals surface area contributed by atoms with Gasteiger partial charge in [-0.05, 0) is 36.4 Å². The van der Waals surface area contributed by atoms with Crippen molar-refractivity contribution in [1.82, 2.24) is 4.90 Å². The van der Waals surface area contributed by atoms with Gasteiger partial charge in [0.2, 0.25) is 0 Å². The Balaban J connectivity index is 1.64. The van der Waals surface area contributed by atoms with E-state index in [0.29, 0.717) is 18.9 Å². The summed E-state index contributed by atoms with van der Waals surface area (Å²) in [6.07, 6.45) is 0. The summed E-state index contributed by atoms with van der Waals surface area (Å²) in [5, 5.41) is 9.93. The van der Waals surface area contributed by atoms with Crippen molar-refractivity contribution >= 4 is 0 Å². The van der Waals surface area contributed by atoms with Gasteiger partial charge in [-0.3, -0.25) is 4.90 Å². The first-order valence-corrected chi connectivity index (χ1v) is 8.95. The predicted molar refractivity (Wildman–Crippen MR) is 107 cm³/mol. The molecule has 0 heterocycles. The maximum Gasteiger partial charge on any atom is 0.161 e. The molecule has 0 aromatic heterocycles. The lowest BCUT2D eigenvalue weighted by molar-refractivity contribution is 0.282. The molecule has 0 amide bonds. The molecular formula is C23H25NO3. The van der Waals surface area contributed by atoms with Crippen LogP contribution in [0.3, 0.4) is 0 Å². The lowest BCUT2D eigenvalue weighted by Crippen LogP contribution is -2.17. The summed E-state index contributed by atoms with van der Waals surface area (Å²) in [7, 11) is 3.68. The number of nitrogens with zero attached hydrogens (tertiary/aromatic N) is 1. The van der Waals surface area contributed by atoms with Crippen molar-refractivity contribution in [3.05, 3.63) is 89.5 Å². The highest BCUT2D eigenvalue weighted by Crippen LogP contribution is 2.29. The lowest BCUT2D eigenvalue weighted by atomic mass is 10.1. The average molecular weight is 363 g/mol. The van der Waals surface area contributed by atoms with Crippen LogP contribution in [0.1, 0.15) is 16.7 Å². The molecule has 4 heteroatoms. The summed E-state index contributed by atoms with van der Waals surface area (Å²) in [6, 6.07) is 23.5. The monoisotopic (exact) mass is 363 g/mol. The number of hydrogen-bond acceptors (Lipinski definition) is 4. The molecule has 0 aliphatic carbocycles. The van der Waals surface area contributed by atoms with E-state index in [1.165, 1.54) is 0 Å². The van der Waals surface area contributed by atoms with Crippen LogP contribution in [0.25, 0.3) is 0 Å². The summed E-state index contributed by atoms with van der Waals surface area (Å²) in [5.41, 5.74) is 3.15. The molecule has 0 saturated carbocycles. The SMILES string of the molecule is COc1cc(CN(C)Cc2ccccc2O)ccc1OCc1ccccc1. The van der Waals surface area contributed by atoms with Crippen LogP contribution < -0.4 is 9.47 Å². The minimum Gasteiger partial charge on any atom is -0.508 e. The standard InChI is InChI=1S/C23H25NO3/c1-24(16-20-10-6-7-11-21(20)25)15-19-12-13-22(23(14-19)26-2)27-17-18-8-4-3-5-9-18/h3-14,25H,15-17H2,1-2H3. The Labute approximate surface area is 160 Å². The molecule has 27 heavy (non-hydrogen) atoms. The molecule has 0 bridgehead atoms. The number of hydrogen-bond donors (Lipinski definition) is 1. The van der Waals surface area contributed by atoms with E-state index in [1.54, 1.807) is 13.2 Å². The second kappa shape index (κ2) is 9.10. The molecule has 0 aliphatic rings. The van der Waals surface area contributed by atoms with E-state index in [-0.39, 0.29) is 0 Å². The first kappa shape index (κ1) is 18.8. The van der Waals surface area contributed by atoms with Crippen molar-refractivity contribution in [2.45, 2.75) is 19.7 Å². The predicted octanol–water partition coefficient (Wildman–Crippen LogP) is 4.61. The number of methoxy groups -OCH3 is 1. The number of phenols is 1. The summed E-state index contributed by atoms with van der Waals surface area (Å²) < 4.78 is 11.4. The first-order chi connectivity index (χ1) is 13.2. The van der Waals surface area contributed by atoms with Crippen molar-refractivity contribution in [2.75, 3.05) is 14.2 Å². The number of ether oxygens (including phenoxy) is 2. The van der Waals surface area contributed by atoms with Gasteiger partial charge in [0.25, 0.3) is 0 Å². The van der Waals surface area contributed by atoms with Gasteiger partial charge in [-0.15, -0.1) is 0 Å². The van der Waals surface area contributed by atoms with Gasteiger partial charge in [0.15, 0.2) is 11.5 Å². The number of benzene rings is 3. The summed E-state index contributed by atoms with van der Waals surface area (Å²) in [4.78, 5) is 2.15. The van der Waals surface area contributed by atoms with E-state index in [2.05, 4.69) is 4.90 Å². The van der Waals surface area contributed by atoms with Crippen LogP contribution in [0, 0.1) is 0 Å². The van der Waals surface area contributed by atoms with Gasteiger partial charge >= 0.3 is 0 Å². The fraction of sp³-hybridized carbons (Fsp3) is 0.217. The fourth-order valence-electron chi connectivity index (χ4n) is 2.97. The topological polar surface area (TPSA) is 41.9 Å². The molecule has 0 saturated heterocycles. The van der Waals surface area contributed by atoms with Crippen LogP contribution in [0.2, 0.25) is 0 Å². The quantitative estimate of drug-likeness (QED) is 0.634. The first-order valence-electron chi connectivity index (χ1n) is 8.95. The molecule has 0 radical (unpaired) electrons. The maximum absolute atomic E-state index is 9.93. The van der Waals surface area contributed by atoms with E-state index in [1.807, 2.05) is 73.8 Å². The third-order valence-corrected chi connectivity index (χ3v) is 4.35. The fourth-order valence-corrected chi connectivity index (χ4v) is 2.97. The Morgan fingerprint density at radius 2 is 1.56 bits per heavy atom. The van der Waals surface area contributed by atoms with Crippen molar-refractivity contribution in [2.24, 2.45) is 0 Å². The van der Waals surface area contributed by atoms with Crippen LogP contribution in [-0.4, -0.2) is 24.2 Å².